The lowest BCUT2D eigenvalue weighted by molar-refractivity contribution is -0.885. The number of anilines is 1. The number of fused-ring (bicyclic) bond motifs is 2. The van der Waals surface area contributed by atoms with Crippen molar-refractivity contribution in [2.24, 2.45) is 0 Å². The second-order valence-electron chi connectivity index (χ2n) is 7.38. The molecule has 0 saturated heterocycles. The van der Waals surface area contributed by atoms with Crippen molar-refractivity contribution < 1.29 is 19.3 Å². The van der Waals surface area contributed by atoms with Gasteiger partial charge in [-0.15, -0.1) is 0 Å². The zero-order chi connectivity index (χ0) is 21.3. The van der Waals surface area contributed by atoms with Crippen molar-refractivity contribution in [1.29, 1.82) is 0 Å². The van der Waals surface area contributed by atoms with Crippen LogP contribution in [-0.4, -0.2) is 31.1 Å². The molecular formula is C24H20ClN2O3+. The van der Waals surface area contributed by atoms with Crippen LogP contribution in [0.25, 0.3) is 0 Å². The van der Waals surface area contributed by atoms with Gasteiger partial charge in [0.15, 0.2) is 18.1 Å². The van der Waals surface area contributed by atoms with Crippen LogP contribution < -0.4 is 10.2 Å². The van der Waals surface area contributed by atoms with Gasteiger partial charge in [-0.3, -0.25) is 14.4 Å². The first-order chi connectivity index (χ1) is 14.5. The lowest BCUT2D eigenvalue weighted by Crippen LogP contribution is -3.08. The fourth-order valence-electron chi connectivity index (χ4n) is 3.75. The van der Waals surface area contributed by atoms with Gasteiger partial charge in [-0.2, -0.15) is 0 Å². The van der Waals surface area contributed by atoms with E-state index in [0.29, 0.717) is 33.9 Å². The predicted octanol–water partition coefficient (Wildman–Crippen LogP) is 2.77. The number of rotatable bonds is 5. The van der Waals surface area contributed by atoms with E-state index >= 15 is 0 Å². The first-order valence-electron chi connectivity index (χ1n) is 9.61. The Kier molecular flexibility index (Phi) is 5.48. The summed E-state index contributed by atoms with van der Waals surface area (Å²) < 4.78 is 0. The summed E-state index contributed by atoms with van der Waals surface area (Å²) >= 11 is 6.20. The third-order valence-corrected chi connectivity index (χ3v) is 5.51. The topological polar surface area (TPSA) is 67.7 Å². The fourth-order valence-corrected chi connectivity index (χ4v) is 3.95. The molecular weight excluding hydrogens is 400 g/mol. The van der Waals surface area contributed by atoms with Crippen molar-refractivity contribution in [1.82, 2.24) is 0 Å². The van der Waals surface area contributed by atoms with Crippen molar-refractivity contribution in [2.45, 2.75) is 6.54 Å². The van der Waals surface area contributed by atoms with E-state index in [0.717, 1.165) is 10.5 Å². The Morgan fingerprint density at radius 1 is 0.867 bits per heavy atom. The number of ketones is 2. The standard InChI is InChI=1S/C24H19ClN2O3/c1-27(13-15-7-2-5-11-19(15)25)14-21(28)26-20-12-6-10-18-22(20)24(30)17-9-4-3-8-16(17)23(18)29/h2-12H,13-14H2,1H3,(H,26,28)/p+1. The highest BCUT2D eigenvalue weighted by Crippen LogP contribution is 2.31. The number of hydrogen-bond acceptors (Lipinski definition) is 3. The van der Waals surface area contributed by atoms with E-state index in [1.165, 1.54) is 0 Å². The molecule has 1 aliphatic carbocycles. The third kappa shape index (κ3) is 3.77. The molecule has 0 fully saturated rings. The molecule has 3 aromatic rings. The Morgan fingerprint density at radius 2 is 1.50 bits per heavy atom. The molecule has 0 saturated carbocycles. The van der Waals surface area contributed by atoms with Gasteiger partial charge in [0.05, 0.1) is 18.3 Å². The van der Waals surface area contributed by atoms with Gasteiger partial charge in [-0.1, -0.05) is 66.2 Å². The molecule has 2 N–H and O–H groups in total. The van der Waals surface area contributed by atoms with E-state index < -0.39 is 0 Å². The molecule has 0 radical (unpaired) electrons. The van der Waals surface area contributed by atoms with Gasteiger partial charge in [0.2, 0.25) is 0 Å². The summed E-state index contributed by atoms with van der Waals surface area (Å²) in [4.78, 5) is 39.5. The van der Waals surface area contributed by atoms with E-state index in [1.54, 1.807) is 42.5 Å². The summed E-state index contributed by atoms with van der Waals surface area (Å²) in [6.45, 7) is 0.776. The molecule has 150 valence electrons. The highest BCUT2D eigenvalue weighted by atomic mass is 35.5. The summed E-state index contributed by atoms with van der Waals surface area (Å²) in [5.41, 5.74) is 2.63. The molecule has 0 bridgehead atoms. The smallest absolute Gasteiger partial charge is 0.279 e. The van der Waals surface area contributed by atoms with Gasteiger partial charge in [0, 0.05) is 27.3 Å². The minimum atomic E-state index is -0.257. The first-order valence-corrected chi connectivity index (χ1v) is 9.99. The molecule has 5 nitrogen and oxygen atoms in total. The summed E-state index contributed by atoms with van der Waals surface area (Å²) in [5, 5.41) is 3.48. The molecule has 1 atom stereocenters. The van der Waals surface area contributed by atoms with E-state index in [2.05, 4.69) is 5.32 Å². The Balaban J connectivity index is 1.53. The summed E-state index contributed by atoms with van der Waals surface area (Å²) in [5.74, 6) is -0.710. The molecule has 1 unspecified atom stereocenters. The zero-order valence-electron chi connectivity index (χ0n) is 16.4. The molecule has 0 aliphatic heterocycles. The first kappa shape index (κ1) is 20.0. The van der Waals surface area contributed by atoms with Crippen LogP contribution in [0.15, 0.2) is 66.7 Å². The molecule has 1 amide bonds. The number of likely N-dealkylation sites (N-methyl/N-ethyl adjacent to an activating group) is 1. The van der Waals surface area contributed by atoms with Gasteiger partial charge in [0.25, 0.3) is 5.91 Å². The number of carbonyl (C=O) groups is 3. The van der Waals surface area contributed by atoms with Crippen molar-refractivity contribution in [3.8, 4) is 0 Å². The van der Waals surface area contributed by atoms with Crippen molar-refractivity contribution in [3.63, 3.8) is 0 Å². The number of hydrogen-bond donors (Lipinski definition) is 2. The van der Waals surface area contributed by atoms with E-state index in [1.807, 2.05) is 31.3 Å². The molecule has 0 heterocycles. The molecule has 0 spiro atoms. The molecule has 6 heteroatoms. The van der Waals surface area contributed by atoms with Crippen LogP contribution in [0.3, 0.4) is 0 Å². The minimum absolute atomic E-state index is 0.188. The molecule has 4 rings (SSSR count). The van der Waals surface area contributed by atoms with Gasteiger partial charge in [-0.25, -0.2) is 0 Å². The highest BCUT2D eigenvalue weighted by molar-refractivity contribution is 6.31. The van der Waals surface area contributed by atoms with Gasteiger partial charge in [0.1, 0.15) is 6.54 Å². The second-order valence-corrected chi connectivity index (χ2v) is 7.79. The lowest BCUT2D eigenvalue weighted by Gasteiger charge is -2.21. The molecule has 0 aromatic heterocycles. The number of amides is 1. The number of carbonyl (C=O) groups excluding carboxylic acids is 3. The van der Waals surface area contributed by atoms with E-state index in [-0.39, 0.29) is 29.6 Å². The Labute approximate surface area is 179 Å². The average molecular weight is 420 g/mol. The van der Waals surface area contributed by atoms with Crippen molar-refractivity contribution in [2.75, 3.05) is 18.9 Å². The van der Waals surface area contributed by atoms with Crippen LogP contribution in [0.5, 0.6) is 0 Å². The van der Waals surface area contributed by atoms with Gasteiger partial charge < -0.3 is 10.2 Å². The van der Waals surface area contributed by atoms with Crippen LogP contribution in [0.2, 0.25) is 5.02 Å². The van der Waals surface area contributed by atoms with E-state index in [9.17, 15) is 14.4 Å². The van der Waals surface area contributed by atoms with Crippen molar-refractivity contribution in [3.05, 3.63) is 99.6 Å². The summed E-state index contributed by atoms with van der Waals surface area (Å²) in [7, 11) is 1.90. The molecule has 1 aliphatic rings. The summed E-state index contributed by atoms with van der Waals surface area (Å²) in [6.07, 6.45) is 0. The zero-order valence-corrected chi connectivity index (χ0v) is 17.1. The van der Waals surface area contributed by atoms with E-state index in [4.69, 9.17) is 11.6 Å². The Morgan fingerprint density at radius 3 is 2.23 bits per heavy atom. The van der Waals surface area contributed by atoms with Gasteiger partial charge in [-0.05, 0) is 12.1 Å². The van der Waals surface area contributed by atoms with Gasteiger partial charge >= 0.3 is 0 Å². The number of nitrogens with one attached hydrogen (secondary N) is 2. The number of halogens is 1. The monoisotopic (exact) mass is 419 g/mol. The molecule has 3 aromatic carbocycles. The van der Waals surface area contributed by atoms with Crippen molar-refractivity contribution >= 4 is 34.8 Å². The SMILES string of the molecule is C[NH+](CC(=O)Nc1cccc2c1C(=O)c1ccccc1C2=O)Cc1ccccc1Cl. The maximum absolute atomic E-state index is 13.0. The van der Waals surface area contributed by atoms with Crippen LogP contribution in [-0.2, 0) is 11.3 Å². The Bertz CT molecular complexity index is 1170. The maximum atomic E-state index is 13.0. The highest BCUT2D eigenvalue weighted by Gasteiger charge is 2.31. The van der Waals surface area contributed by atoms with Crippen LogP contribution in [0.4, 0.5) is 5.69 Å². The number of benzene rings is 3. The second kappa shape index (κ2) is 8.22. The predicted molar refractivity (Wildman–Crippen MR) is 115 cm³/mol. The quantitative estimate of drug-likeness (QED) is 0.522. The van der Waals surface area contributed by atoms with Crippen LogP contribution >= 0.6 is 11.6 Å². The average Bonchev–Trinajstić information content (AvgIpc) is 2.73. The Hall–Kier alpha value is -3.28. The fraction of sp³-hybridized carbons (Fsp3) is 0.125. The number of quaternary nitrogens is 1. The van der Waals surface area contributed by atoms with Crippen LogP contribution in [0, 0.1) is 0 Å². The minimum Gasteiger partial charge on any atom is -0.326 e. The lowest BCUT2D eigenvalue weighted by atomic mass is 9.83. The normalized spacial score (nSPS) is 13.4. The third-order valence-electron chi connectivity index (χ3n) is 5.14. The maximum Gasteiger partial charge on any atom is 0.279 e. The molecule has 30 heavy (non-hydrogen) atoms. The van der Waals surface area contributed by atoms with Crippen LogP contribution in [0.1, 0.15) is 37.4 Å². The summed E-state index contributed by atoms with van der Waals surface area (Å²) in [6, 6.07) is 19.2. The largest absolute Gasteiger partial charge is 0.326 e.